The van der Waals surface area contributed by atoms with Crippen LogP contribution in [0.1, 0.15) is 26.7 Å². The molecule has 0 radical (unpaired) electrons. The van der Waals surface area contributed by atoms with Gasteiger partial charge in [0.25, 0.3) is 0 Å². The van der Waals surface area contributed by atoms with Gasteiger partial charge in [0, 0.05) is 6.04 Å². The third kappa shape index (κ3) is 2.90. The molecule has 1 aromatic carbocycles. The van der Waals surface area contributed by atoms with Gasteiger partial charge >= 0.3 is 0 Å². The molecule has 1 aliphatic rings. The molecule has 3 unspecified atom stereocenters. The minimum Gasteiger partial charge on any atom is -0.396 e. The van der Waals surface area contributed by atoms with Crippen LogP contribution in [0.4, 0.5) is 10.1 Å². The van der Waals surface area contributed by atoms with E-state index < -0.39 is 15.8 Å². The number of halogens is 1. The Morgan fingerprint density at radius 1 is 1.32 bits per heavy atom. The van der Waals surface area contributed by atoms with Crippen molar-refractivity contribution in [3.63, 3.8) is 0 Å². The predicted octanol–water partition coefficient (Wildman–Crippen LogP) is 2.12. The van der Waals surface area contributed by atoms with Crippen LogP contribution >= 0.6 is 0 Å². The van der Waals surface area contributed by atoms with Crippen LogP contribution < -0.4 is 10.5 Å². The summed E-state index contributed by atoms with van der Waals surface area (Å²) in [7, 11) is -3.64. The van der Waals surface area contributed by atoms with E-state index >= 15 is 0 Å². The maximum atomic E-state index is 13.1. The number of anilines is 1. The molecule has 0 bridgehead atoms. The van der Waals surface area contributed by atoms with Crippen molar-refractivity contribution >= 4 is 15.7 Å². The lowest BCUT2D eigenvalue weighted by atomic mass is 9.98. The van der Waals surface area contributed by atoms with Crippen molar-refractivity contribution in [2.45, 2.75) is 37.6 Å². The Kier molecular flexibility index (Phi) is 3.82. The fraction of sp³-hybridized carbons (Fsp3) is 0.538. The van der Waals surface area contributed by atoms with Gasteiger partial charge in [-0.1, -0.05) is 13.8 Å². The van der Waals surface area contributed by atoms with E-state index in [1.54, 1.807) is 0 Å². The van der Waals surface area contributed by atoms with Crippen molar-refractivity contribution in [3.05, 3.63) is 24.0 Å². The van der Waals surface area contributed by atoms with Crippen LogP contribution in [0.2, 0.25) is 0 Å². The standard InChI is InChI=1S/C13H19FN2O2S/c1-8-3-6-13(9(8)2)16-19(17,18)10-4-5-11(14)12(15)7-10/h4-5,7-9,13,16H,3,6,15H2,1-2H3. The zero-order valence-corrected chi connectivity index (χ0v) is 11.9. The van der Waals surface area contributed by atoms with Crippen LogP contribution in [-0.2, 0) is 10.0 Å². The Balaban J connectivity index is 2.21. The fourth-order valence-corrected chi connectivity index (χ4v) is 3.88. The summed E-state index contributed by atoms with van der Waals surface area (Å²) in [6, 6.07) is 3.40. The van der Waals surface area contributed by atoms with Gasteiger partial charge in [-0.25, -0.2) is 17.5 Å². The first-order chi connectivity index (χ1) is 8.81. The molecule has 0 saturated heterocycles. The third-order valence-electron chi connectivity index (χ3n) is 4.05. The van der Waals surface area contributed by atoms with Crippen LogP contribution in [0.5, 0.6) is 0 Å². The molecule has 0 spiro atoms. The summed E-state index contributed by atoms with van der Waals surface area (Å²) in [4.78, 5) is 0.0122. The second kappa shape index (κ2) is 5.09. The minimum absolute atomic E-state index is 0.0122. The number of sulfonamides is 1. The minimum atomic E-state index is -3.64. The van der Waals surface area contributed by atoms with Gasteiger partial charge in [-0.2, -0.15) is 0 Å². The maximum absolute atomic E-state index is 13.1. The molecule has 0 heterocycles. The Bertz CT molecular complexity index is 574. The largest absolute Gasteiger partial charge is 0.396 e. The Morgan fingerprint density at radius 2 is 2.00 bits per heavy atom. The lowest BCUT2D eigenvalue weighted by Crippen LogP contribution is -2.37. The van der Waals surface area contributed by atoms with Crippen LogP contribution in [0.15, 0.2) is 23.1 Å². The van der Waals surface area contributed by atoms with E-state index in [1.807, 2.05) is 6.92 Å². The van der Waals surface area contributed by atoms with Crippen molar-refractivity contribution < 1.29 is 12.8 Å². The normalized spacial score (nSPS) is 27.6. The van der Waals surface area contributed by atoms with E-state index in [1.165, 1.54) is 6.07 Å². The SMILES string of the molecule is CC1CCC(NS(=O)(=O)c2ccc(F)c(N)c2)C1C. The van der Waals surface area contributed by atoms with E-state index in [0.717, 1.165) is 25.0 Å². The van der Waals surface area contributed by atoms with Gasteiger partial charge in [-0.15, -0.1) is 0 Å². The van der Waals surface area contributed by atoms with Crippen LogP contribution in [-0.4, -0.2) is 14.5 Å². The highest BCUT2D eigenvalue weighted by atomic mass is 32.2. The Morgan fingerprint density at radius 3 is 2.53 bits per heavy atom. The van der Waals surface area contributed by atoms with Crippen LogP contribution in [0.3, 0.4) is 0 Å². The number of hydrogen-bond acceptors (Lipinski definition) is 3. The number of hydrogen-bond donors (Lipinski definition) is 2. The highest BCUT2D eigenvalue weighted by Crippen LogP contribution is 2.32. The van der Waals surface area contributed by atoms with Crippen molar-refractivity contribution in [3.8, 4) is 0 Å². The van der Waals surface area contributed by atoms with E-state index in [2.05, 4.69) is 11.6 Å². The molecule has 3 atom stereocenters. The molecular weight excluding hydrogens is 267 g/mol. The number of benzene rings is 1. The topological polar surface area (TPSA) is 72.2 Å². The molecule has 0 amide bonds. The van der Waals surface area contributed by atoms with E-state index in [-0.39, 0.29) is 16.6 Å². The fourth-order valence-electron chi connectivity index (χ4n) is 2.49. The van der Waals surface area contributed by atoms with Gasteiger partial charge in [-0.05, 0) is 42.9 Å². The Hall–Kier alpha value is -1.14. The molecule has 1 aromatic rings. The zero-order chi connectivity index (χ0) is 14.2. The maximum Gasteiger partial charge on any atom is 0.240 e. The van der Waals surface area contributed by atoms with E-state index in [9.17, 15) is 12.8 Å². The lowest BCUT2D eigenvalue weighted by molar-refractivity contribution is 0.402. The summed E-state index contributed by atoms with van der Waals surface area (Å²) >= 11 is 0. The molecule has 0 aromatic heterocycles. The number of nitrogen functional groups attached to an aromatic ring is 1. The molecule has 6 heteroatoms. The van der Waals surface area contributed by atoms with Crippen molar-refractivity contribution in [1.82, 2.24) is 4.72 Å². The van der Waals surface area contributed by atoms with E-state index in [4.69, 9.17) is 5.73 Å². The quantitative estimate of drug-likeness (QED) is 0.836. The lowest BCUT2D eigenvalue weighted by Gasteiger charge is -2.19. The predicted molar refractivity (Wildman–Crippen MR) is 72.5 cm³/mol. The smallest absolute Gasteiger partial charge is 0.240 e. The number of nitrogens with two attached hydrogens (primary N) is 1. The van der Waals surface area contributed by atoms with Gasteiger partial charge in [0.2, 0.25) is 10.0 Å². The molecule has 0 aliphatic heterocycles. The molecule has 3 N–H and O–H groups in total. The van der Waals surface area contributed by atoms with Gasteiger partial charge in [-0.3, -0.25) is 0 Å². The van der Waals surface area contributed by atoms with Crippen molar-refractivity contribution in [2.75, 3.05) is 5.73 Å². The van der Waals surface area contributed by atoms with Gasteiger partial charge in [0.05, 0.1) is 10.6 Å². The second-order valence-electron chi connectivity index (χ2n) is 5.32. The van der Waals surface area contributed by atoms with Gasteiger partial charge < -0.3 is 5.73 Å². The average Bonchev–Trinajstić information content (AvgIpc) is 2.64. The first-order valence-corrected chi connectivity index (χ1v) is 7.87. The first-order valence-electron chi connectivity index (χ1n) is 6.38. The summed E-state index contributed by atoms with van der Waals surface area (Å²) < 4.78 is 40.2. The highest BCUT2D eigenvalue weighted by molar-refractivity contribution is 7.89. The Labute approximate surface area is 113 Å². The molecular formula is C13H19FN2O2S. The molecule has 2 rings (SSSR count). The molecule has 19 heavy (non-hydrogen) atoms. The molecule has 1 saturated carbocycles. The van der Waals surface area contributed by atoms with E-state index in [0.29, 0.717) is 11.8 Å². The summed E-state index contributed by atoms with van der Waals surface area (Å²) in [5.74, 6) is 0.195. The van der Waals surface area contributed by atoms with Crippen LogP contribution in [0, 0.1) is 17.7 Å². The molecule has 1 aliphatic carbocycles. The van der Waals surface area contributed by atoms with Crippen molar-refractivity contribution in [2.24, 2.45) is 11.8 Å². The number of nitrogens with one attached hydrogen (secondary N) is 1. The summed E-state index contributed by atoms with van der Waals surface area (Å²) in [5.41, 5.74) is 5.25. The average molecular weight is 286 g/mol. The highest BCUT2D eigenvalue weighted by Gasteiger charge is 2.33. The summed E-state index contributed by atoms with van der Waals surface area (Å²) in [5, 5.41) is 0. The van der Waals surface area contributed by atoms with Crippen molar-refractivity contribution in [1.29, 1.82) is 0 Å². The first kappa shape index (κ1) is 14.3. The summed E-state index contributed by atoms with van der Waals surface area (Å²) in [6.45, 7) is 4.17. The van der Waals surface area contributed by atoms with Gasteiger partial charge in [0.15, 0.2) is 0 Å². The van der Waals surface area contributed by atoms with Crippen LogP contribution in [0.25, 0.3) is 0 Å². The molecule has 4 nitrogen and oxygen atoms in total. The monoisotopic (exact) mass is 286 g/mol. The van der Waals surface area contributed by atoms with Gasteiger partial charge in [0.1, 0.15) is 5.82 Å². The third-order valence-corrected chi connectivity index (χ3v) is 5.54. The summed E-state index contributed by atoms with van der Waals surface area (Å²) in [6.07, 6.45) is 1.85. The molecule has 106 valence electrons. The zero-order valence-electron chi connectivity index (χ0n) is 11.1. The second-order valence-corrected chi connectivity index (χ2v) is 7.04. The number of rotatable bonds is 3. The molecule has 1 fully saturated rings.